The van der Waals surface area contributed by atoms with Crippen LogP contribution in [-0.2, 0) is 10.5 Å². The Morgan fingerprint density at radius 1 is 1.38 bits per heavy atom. The van der Waals surface area contributed by atoms with E-state index in [1.165, 1.54) is 5.56 Å². The van der Waals surface area contributed by atoms with Crippen LogP contribution < -0.4 is 5.32 Å². The smallest absolute Gasteiger partial charge is 0.230 e. The molecule has 3 nitrogen and oxygen atoms in total. The van der Waals surface area contributed by atoms with Gasteiger partial charge in [-0.2, -0.15) is 0 Å². The van der Waals surface area contributed by atoms with Crippen molar-refractivity contribution < 1.29 is 9.90 Å². The Balaban J connectivity index is 2.20. The zero-order valence-electron chi connectivity index (χ0n) is 8.78. The summed E-state index contributed by atoms with van der Waals surface area (Å²) in [5.41, 5.74) is 1.20. The Kier molecular flexibility index (Phi) is 6.52. The van der Waals surface area contributed by atoms with Crippen LogP contribution >= 0.6 is 27.7 Å². The first-order valence-electron chi connectivity index (χ1n) is 4.92. The van der Waals surface area contributed by atoms with Crippen LogP contribution in [0.2, 0.25) is 0 Å². The van der Waals surface area contributed by atoms with Crippen LogP contribution in [0.5, 0.6) is 0 Å². The fraction of sp³-hybridized carbons (Fsp3) is 0.364. The molecule has 0 radical (unpaired) electrons. The van der Waals surface area contributed by atoms with Crippen molar-refractivity contribution in [1.29, 1.82) is 0 Å². The lowest BCUT2D eigenvalue weighted by Gasteiger charge is -2.03. The number of halogens is 1. The molecule has 0 bridgehead atoms. The predicted molar refractivity (Wildman–Crippen MR) is 70.4 cm³/mol. The van der Waals surface area contributed by atoms with Crippen molar-refractivity contribution in [3.63, 3.8) is 0 Å². The second kappa shape index (κ2) is 7.70. The van der Waals surface area contributed by atoms with Gasteiger partial charge in [-0.05, 0) is 17.7 Å². The molecule has 0 saturated carbocycles. The predicted octanol–water partition coefficient (Wildman–Crippen LogP) is 1.79. The van der Waals surface area contributed by atoms with Crippen LogP contribution in [0.4, 0.5) is 0 Å². The third kappa shape index (κ3) is 5.53. The van der Waals surface area contributed by atoms with Crippen LogP contribution in [0.15, 0.2) is 28.7 Å². The summed E-state index contributed by atoms with van der Waals surface area (Å²) in [6, 6.07) is 8.04. The molecular weight excluding hydrogens is 290 g/mol. The van der Waals surface area contributed by atoms with Crippen LogP contribution in [-0.4, -0.2) is 29.9 Å². The first kappa shape index (κ1) is 13.5. The van der Waals surface area contributed by atoms with Crippen molar-refractivity contribution >= 4 is 33.6 Å². The van der Waals surface area contributed by atoms with Crippen LogP contribution in [0.1, 0.15) is 5.56 Å². The topological polar surface area (TPSA) is 49.3 Å². The number of thioether (sulfide) groups is 1. The van der Waals surface area contributed by atoms with Gasteiger partial charge in [0.05, 0.1) is 12.4 Å². The quantitative estimate of drug-likeness (QED) is 0.842. The Bertz CT molecular complexity index is 329. The second-order valence-corrected chi connectivity index (χ2v) is 5.09. The maximum atomic E-state index is 11.2. The molecule has 0 fully saturated rings. The number of hydrogen-bond acceptors (Lipinski definition) is 3. The summed E-state index contributed by atoms with van der Waals surface area (Å²) in [6.07, 6.45) is 0. The molecule has 0 spiro atoms. The molecular formula is C11H14BrNO2S. The summed E-state index contributed by atoms with van der Waals surface area (Å²) in [6.45, 7) is 0.320. The molecule has 16 heavy (non-hydrogen) atoms. The molecule has 0 saturated heterocycles. The van der Waals surface area contributed by atoms with Crippen molar-refractivity contribution in [3.8, 4) is 0 Å². The van der Waals surface area contributed by atoms with E-state index in [0.717, 1.165) is 10.2 Å². The van der Waals surface area contributed by atoms with Gasteiger partial charge in [-0.15, -0.1) is 11.8 Å². The number of carbonyl (C=O) groups is 1. The van der Waals surface area contributed by atoms with Gasteiger partial charge in [-0.1, -0.05) is 28.1 Å². The van der Waals surface area contributed by atoms with Crippen molar-refractivity contribution in [1.82, 2.24) is 5.32 Å². The van der Waals surface area contributed by atoms with E-state index in [9.17, 15) is 4.79 Å². The molecule has 1 rings (SSSR count). The molecule has 0 aromatic heterocycles. The molecule has 1 aromatic carbocycles. The number of aliphatic hydroxyl groups excluding tert-OH is 1. The number of nitrogens with one attached hydrogen (secondary N) is 1. The van der Waals surface area contributed by atoms with E-state index < -0.39 is 0 Å². The molecule has 5 heteroatoms. The first-order chi connectivity index (χ1) is 7.72. The van der Waals surface area contributed by atoms with Gasteiger partial charge in [0.15, 0.2) is 0 Å². The first-order valence-corrected chi connectivity index (χ1v) is 6.87. The monoisotopic (exact) mass is 303 g/mol. The fourth-order valence-electron chi connectivity index (χ4n) is 1.09. The van der Waals surface area contributed by atoms with E-state index in [0.29, 0.717) is 12.3 Å². The summed E-state index contributed by atoms with van der Waals surface area (Å²) in [5.74, 6) is 1.21. The lowest BCUT2D eigenvalue weighted by Crippen LogP contribution is -2.27. The minimum Gasteiger partial charge on any atom is -0.395 e. The lowest BCUT2D eigenvalue weighted by atomic mass is 10.2. The Labute approximate surface area is 108 Å². The number of carbonyl (C=O) groups excluding carboxylic acids is 1. The maximum absolute atomic E-state index is 11.2. The maximum Gasteiger partial charge on any atom is 0.230 e. The molecule has 0 unspecified atom stereocenters. The number of aliphatic hydroxyl groups is 1. The summed E-state index contributed by atoms with van der Waals surface area (Å²) < 4.78 is 1.06. The van der Waals surface area contributed by atoms with E-state index in [4.69, 9.17) is 5.11 Å². The number of amides is 1. The Hall–Kier alpha value is -0.520. The second-order valence-electron chi connectivity index (χ2n) is 3.19. The van der Waals surface area contributed by atoms with E-state index in [1.807, 2.05) is 24.3 Å². The molecule has 0 aliphatic carbocycles. The summed E-state index contributed by atoms with van der Waals surface area (Å²) in [5, 5.41) is 11.1. The van der Waals surface area contributed by atoms with Gasteiger partial charge in [-0.25, -0.2) is 0 Å². The molecule has 2 N–H and O–H groups in total. The van der Waals surface area contributed by atoms with Crippen LogP contribution in [0.3, 0.4) is 0 Å². The van der Waals surface area contributed by atoms with E-state index in [2.05, 4.69) is 21.2 Å². The molecule has 0 atom stereocenters. The van der Waals surface area contributed by atoms with Gasteiger partial charge in [0.2, 0.25) is 5.91 Å². The highest BCUT2D eigenvalue weighted by Crippen LogP contribution is 2.15. The molecule has 0 aliphatic rings. The largest absolute Gasteiger partial charge is 0.395 e. The highest BCUT2D eigenvalue weighted by atomic mass is 79.9. The van der Waals surface area contributed by atoms with Gasteiger partial charge in [0.25, 0.3) is 0 Å². The zero-order chi connectivity index (χ0) is 11.8. The molecule has 88 valence electrons. The van der Waals surface area contributed by atoms with Crippen molar-refractivity contribution in [3.05, 3.63) is 34.3 Å². The molecule has 0 aliphatic heterocycles. The van der Waals surface area contributed by atoms with Crippen LogP contribution in [0.25, 0.3) is 0 Å². The van der Waals surface area contributed by atoms with Crippen LogP contribution in [0, 0.1) is 0 Å². The Morgan fingerprint density at radius 3 is 2.69 bits per heavy atom. The summed E-state index contributed by atoms with van der Waals surface area (Å²) >= 11 is 4.93. The number of benzene rings is 1. The molecule has 0 heterocycles. The molecule has 1 aromatic rings. The highest BCUT2D eigenvalue weighted by molar-refractivity contribution is 9.10. The lowest BCUT2D eigenvalue weighted by molar-refractivity contribution is -0.118. The number of hydrogen-bond donors (Lipinski definition) is 2. The van der Waals surface area contributed by atoms with E-state index in [-0.39, 0.29) is 12.5 Å². The van der Waals surface area contributed by atoms with Crippen molar-refractivity contribution in [2.24, 2.45) is 0 Å². The van der Waals surface area contributed by atoms with Gasteiger partial charge in [0, 0.05) is 16.8 Å². The van der Waals surface area contributed by atoms with E-state index >= 15 is 0 Å². The minimum atomic E-state index is -0.0313. The molecule has 1 amide bonds. The summed E-state index contributed by atoms with van der Waals surface area (Å²) in [7, 11) is 0. The normalized spacial score (nSPS) is 10.1. The zero-order valence-corrected chi connectivity index (χ0v) is 11.2. The van der Waals surface area contributed by atoms with Gasteiger partial charge in [0.1, 0.15) is 0 Å². The average Bonchev–Trinajstić information content (AvgIpc) is 2.29. The Morgan fingerprint density at radius 2 is 2.06 bits per heavy atom. The number of rotatable bonds is 6. The van der Waals surface area contributed by atoms with E-state index in [1.54, 1.807) is 11.8 Å². The van der Waals surface area contributed by atoms with Crippen molar-refractivity contribution in [2.45, 2.75) is 5.75 Å². The average molecular weight is 304 g/mol. The minimum absolute atomic E-state index is 0.0108. The fourth-order valence-corrected chi connectivity index (χ4v) is 2.17. The SMILES string of the molecule is O=C(CSCc1ccc(Br)cc1)NCCO. The van der Waals surface area contributed by atoms with Gasteiger partial charge >= 0.3 is 0 Å². The standard InChI is InChI=1S/C11H14BrNO2S/c12-10-3-1-9(2-4-10)7-16-8-11(15)13-5-6-14/h1-4,14H,5-8H2,(H,13,15). The third-order valence-corrected chi connectivity index (χ3v) is 3.38. The van der Waals surface area contributed by atoms with Gasteiger partial charge < -0.3 is 10.4 Å². The highest BCUT2D eigenvalue weighted by Gasteiger charge is 2.00. The third-order valence-electron chi connectivity index (χ3n) is 1.85. The summed E-state index contributed by atoms with van der Waals surface area (Å²) in [4.78, 5) is 11.2. The van der Waals surface area contributed by atoms with Crippen molar-refractivity contribution in [2.75, 3.05) is 18.9 Å². The van der Waals surface area contributed by atoms with Gasteiger partial charge in [-0.3, -0.25) is 4.79 Å².